The summed E-state index contributed by atoms with van der Waals surface area (Å²) < 4.78 is 1.79. The Kier molecular flexibility index (Phi) is 4.54. The predicted octanol–water partition coefficient (Wildman–Crippen LogP) is 0.715. The SMILES string of the molecule is CC(C)CNC(=O)c1cc2n(n1)CCN(C(=O)c1ccncn1)C2. The molecule has 0 atom stereocenters. The van der Waals surface area contributed by atoms with Crippen LogP contribution in [0.4, 0.5) is 0 Å². The van der Waals surface area contributed by atoms with Crippen LogP contribution in [0.25, 0.3) is 0 Å². The molecule has 0 unspecified atom stereocenters. The van der Waals surface area contributed by atoms with E-state index in [0.717, 1.165) is 5.69 Å². The number of fused-ring (bicyclic) bond motifs is 1. The standard InChI is InChI=1S/C16H20N6O2/c1-11(2)8-18-15(23)14-7-12-9-21(5-6-22(12)20-14)16(24)13-3-4-17-10-19-13/h3-4,7,10-11H,5-6,8-9H2,1-2H3,(H,18,23). The minimum atomic E-state index is -0.181. The minimum absolute atomic E-state index is 0.143. The second kappa shape index (κ2) is 6.77. The largest absolute Gasteiger partial charge is 0.350 e. The summed E-state index contributed by atoms with van der Waals surface area (Å²) >= 11 is 0. The molecular weight excluding hydrogens is 308 g/mol. The maximum absolute atomic E-state index is 12.5. The van der Waals surface area contributed by atoms with E-state index in [1.165, 1.54) is 6.33 Å². The van der Waals surface area contributed by atoms with E-state index in [1.54, 1.807) is 27.9 Å². The van der Waals surface area contributed by atoms with Gasteiger partial charge >= 0.3 is 0 Å². The van der Waals surface area contributed by atoms with Crippen molar-refractivity contribution in [3.63, 3.8) is 0 Å². The first-order valence-corrected chi connectivity index (χ1v) is 7.95. The van der Waals surface area contributed by atoms with E-state index in [0.29, 0.717) is 43.5 Å². The van der Waals surface area contributed by atoms with Crippen molar-refractivity contribution in [2.75, 3.05) is 13.1 Å². The van der Waals surface area contributed by atoms with Gasteiger partial charge in [-0.3, -0.25) is 14.3 Å². The zero-order chi connectivity index (χ0) is 17.1. The Bertz CT molecular complexity index is 740. The third-order valence-corrected chi connectivity index (χ3v) is 3.79. The van der Waals surface area contributed by atoms with E-state index in [-0.39, 0.29) is 11.8 Å². The van der Waals surface area contributed by atoms with Crippen molar-refractivity contribution in [1.82, 2.24) is 30.0 Å². The molecule has 1 aliphatic rings. The lowest BCUT2D eigenvalue weighted by Crippen LogP contribution is -2.38. The van der Waals surface area contributed by atoms with Crippen LogP contribution in [-0.4, -0.2) is 49.6 Å². The highest BCUT2D eigenvalue weighted by Gasteiger charge is 2.25. The summed E-state index contributed by atoms with van der Waals surface area (Å²) in [6.45, 7) is 6.19. The lowest BCUT2D eigenvalue weighted by Gasteiger charge is -2.27. The molecule has 1 aliphatic heterocycles. The molecule has 0 fully saturated rings. The molecular formula is C16H20N6O2. The summed E-state index contributed by atoms with van der Waals surface area (Å²) in [6, 6.07) is 3.34. The van der Waals surface area contributed by atoms with Gasteiger partial charge in [0, 0.05) is 19.3 Å². The van der Waals surface area contributed by atoms with Crippen LogP contribution in [0.2, 0.25) is 0 Å². The maximum Gasteiger partial charge on any atom is 0.272 e. The van der Waals surface area contributed by atoms with Crippen molar-refractivity contribution in [3.8, 4) is 0 Å². The van der Waals surface area contributed by atoms with Crippen molar-refractivity contribution in [3.05, 3.63) is 41.7 Å². The maximum atomic E-state index is 12.5. The number of nitrogens with one attached hydrogen (secondary N) is 1. The third-order valence-electron chi connectivity index (χ3n) is 3.79. The summed E-state index contributed by atoms with van der Waals surface area (Å²) in [5.74, 6) is 0.0575. The van der Waals surface area contributed by atoms with E-state index in [4.69, 9.17) is 0 Å². The molecule has 0 saturated heterocycles. The van der Waals surface area contributed by atoms with Crippen molar-refractivity contribution in [1.29, 1.82) is 0 Å². The van der Waals surface area contributed by atoms with Crippen molar-refractivity contribution < 1.29 is 9.59 Å². The molecule has 126 valence electrons. The summed E-state index contributed by atoms with van der Waals surface area (Å²) in [6.07, 6.45) is 2.91. The number of amides is 2. The fraction of sp³-hybridized carbons (Fsp3) is 0.438. The van der Waals surface area contributed by atoms with Gasteiger partial charge in [0.25, 0.3) is 11.8 Å². The Morgan fingerprint density at radius 3 is 2.83 bits per heavy atom. The van der Waals surface area contributed by atoms with Gasteiger partial charge in [-0.2, -0.15) is 5.10 Å². The van der Waals surface area contributed by atoms with E-state index in [9.17, 15) is 9.59 Å². The molecule has 2 amide bonds. The second-order valence-electron chi connectivity index (χ2n) is 6.17. The van der Waals surface area contributed by atoms with E-state index < -0.39 is 0 Å². The van der Waals surface area contributed by atoms with Gasteiger partial charge in [0.2, 0.25) is 0 Å². The van der Waals surface area contributed by atoms with E-state index in [2.05, 4.69) is 20.4 Å². The Labute approximate surface area is 139 Å². The minimum Gasteiger partial charge on any atom is -0.350 e. The van der Waals surface area contributed by atoms with Crippen LogP contribution < -0.4 is 5.32 Å². The molecule has 0 aromatic carbocycles. The van der Waals surface area contributed by atoms with Crippen molar-refractivity contribution in [2.24, 2.45) is 5.92 Å². The summed E-state index contributed by atoms with van der Waals surface area (Å²) in [5, 5.41) is 7.19. The van der Waals surface area contributed by atoms with Gasteiger partial charge in [0.05, 0.1) is 18.8 Å². The first-order chi connectivity index (χ1) is 11.5. The number of nitrogens with zero attached hydrogens (tertiary/aromatic N) is 5. The molecule has 2 aromatic rings. The first-order valence-electron chi connectivity index (χ1n) is 7.95. The summed E-state index contributed by atoms with van der Waals surface area (Å²) in [4.78, 5) is 34.1. The molecule has 0 spiro atoms. The Morgan fingerprint density at radius 1 is 1.29 bits per heavy atom. The molecule has 2 aromatic heterocycles. The third kappa shape index (κ3) is 3.42. The molecule has 8 nitrogen and oxygen atoms in total. The first kappa shape index (κ1) is 16.1. The van der Waals surface area contributed by atoms with E-state index in [1.807, 2.05) is 13.8 Å². The fourth-order valence-electron chi connectivity index (χ4n) is 2.52. The smallest absolute Gasteiger partial charge is 0.272 e. The van der Waals surface area contributed by atoms with Crippen molar-refractivity contribution in [2.45, 2.75) is 26.9 Å². The Balaban J connectivity index is 1.70. The molecule has 0 saturated carbocycles. The van der Waals surface area contributed by atoms with Gasteiger partial charge in [-0.25, -0.2) is 9.97 Å². The normalized spacial score (nSPS) is 13.7. The molecule has 3 heterocycles. The predicted molar refractivity (Wildman–Crippen MR) is 86.2 cm³/mol. The number of hydrogen-bond acceptors (Lipinski definition) is 5. The van der Waals surface area contributed by atoms with Gasteiger partial charge in [-0.15, -0.1) is 0 Å². The quantitative estimate of drug-likeness (QED) is 0.892. The van der Waals surface area contributed by atoms with Crippen LogP contribution in [-0.2, 0) is 13.1 Å². The van der Waals surface area contributed by atoms with Gasteiger partial charge in [0.15, 0.2) is 5.69 Å². The average Bonchev–Trinajstić information content (AvgIpc) is 3.03. The number of aromatic nitrogens is 4. The van der Waals surface area contributed by atoms with Gasteiger partial charge < -0.3 is 10.2 Å². The van der Waals surface area contributed by atoms with Crippen LogP contribution in [0.1, 0.15) is 40.5 Å². The van der Waals surface area contributed by atoms with Crippen LogP contribution in [0, 0.1) is 5.92 Å². The molecule has 8 heteroatoms. The monoisotopic (exact) mass is 328 g/mol. The number of hydrogen-bond donors (Lipinski definition) is 1. The molecule has 0 radical (unpaired) electrons. The summed E-state index contributed by atoms with van der Waals surface area (Å²) in [5.41, 5.74) is 1.60. The second-order valence-corrected chi connectivity index (χ2v) is 6.17. The topological polar surface area (TPSA) is 93.0 Å². The number of rotatable bonds is 4. The Morgan fingerprint density at radius 2 is 2.12 bits per heavy atom. The lowest BCUT2D eigenvalue weighted by atomic mass is 10.2. The fourth-order valence-corrected chi connectivity index (χ4v) is 2.52. The average molecular weight is 328 g/mol. The number of carbonyl (C=O) groups is 2. The van der Waals surface area contributed by atoms with Crippen LogP contribution in [0.3, 0.4) is 0 Å². The Hall–Kier alpha value is -2.77. The van der Waals surface area contributed by atoms with Crippen LogP contribution >= 0.6 is 0 Å². The van der Waals surface area contributed by atoms with Crippen molar-refractivity contribution >= 4 is 11.8 Å². The highest BCUT2D eigenvalue weighted by atomic mass is 16.2. The molecule has 3 rings (SSSR count). The van der Waals surface area contributed by atoms with Crippen LogP contribution in [0.5, 0.6) is 0 Å². The van der Waals surface area contributed by atoms with E-state index >= 15 is 0 Å². The number of carbonyl (C=O) groups excluding carboxylic acids is 2. The highest BCUT2D eigenvalue weighted by molar-refractivity contribution is 5.93. The van der Waals surface area contributed by atoms with Crippen LogP contribution in [0.15, 0.2) is 24.7 Å². The molecule has 0 bridgehead atoms. The summed E-state index contributed by atoms with van der Waals surface area (Å²) in [7, 11) is 0. The molecule has 24 heavy (non-hydrogen) atoms. The zero-order valence-electron chi connectivity index (χ0n) is 13.8. The molecule has 0 aliphatic carbocycles. The molecule has 1 N–H and O–H groups in total. The van der Waals surface area contributed by atoms with Gasteiger partial charge in [-0.05, 0) is 18.1 Å². The van der Waals surface area contributed by atoms with Gasteiger partial charge in [0.1, 0.15) is 12.0 Å². The van der Waals surface area contributed by atoms with Gasteiger partial charge in [-0.1, -0.05) is 13.8 Å². The highest BCUT2D eigenvalue weighted by Crippen LogP contribution is 2.15. The zero-order valence-corrected chi connectivity index (χ0v) is 13.8. The lowest BCUT2D eigenvalue weighted by molar-refractivity contribution is 0.0699.